The first-order valence-corrected chi connectivity index (χ1v) is 16.4. The van der Waals surface area contributed by atoms with Crippen molar-refractivity contribution >= 4 is 86.1 Å². The zero-order valence-corrected chi connectivity index (χ0v) is 28.0. The Morgan fingerprint density at radius 1 is 0.717 bits per heavy atom. The highest BCUT2D eigenvalue weighted by molar-refractivity contribution is 9.10. The van der Waals surface area contributed by atoms with E-state index in [2.05, 4.69) is 31.9 Å². The summed E-state index contributed by atoms with van der Waals surface area (Å²) in [7, 11) is 0. The van der Waals surface area contributed by atoms with E-state index >= 15 is 0 Å². The zero-order chi connectivity index (χ0) is 32.5. The van der Waals surface area contributed by atoms with Crippen molar-refractivity contribution < 1.29 is 14.4 Å². The molecule has 5 rings (SSSR count). The van der Waals surface area contributed by atoms with Crippen LogP contribution < -0.4 is 16.0 Å². The van der Waals surface area contributed by atoms with Crippen LogP contribution in [0.1, 0.15) is 26.7 Å². The van der Waals surface area contributed by atoms with Gasteiger partial charge in [0.1, 0.15) is 10.9 Å². The summed E-state index contributed by atoms with van der Waals surface area (Å²) in [6.07, 6.45) is 1.44. The van der Waals surface area contributed by atoms with Crippen LogP contribution in [0.5, 0.6) is 0 Å². The first-order chi connectivity index (χ1) is 22.3. The smallest absolute Gasteiger partial charge is 0.272 e. The van der Waals surface area contributed by atoms with Crippen molar-refractivity contribution in [3.8, 4) is 0 Å². The van der Waals surface area contributed by atoms with Crippen LogP contribution in [0.3, 0.4) is 0 Å². The van der Waals surface area contributed by atoms with Gasteiger partial charge >= 0.3 is 0 Å². The van der Waals surface area contributed by atoms with Gasteiger partial charge in [0.25, 0.3) is 11.8 Å². The molecule has 0 radical (unpaired) electrons. The van der Waals surface area contributed by atoms with Crippen molar-refractivity contribution in [1.29, 1.82) is 0 Å². The predicted octanol–water partition coefficient (Wildman–Crippen LogP) is 9.64. The zero-order valence-electron chi connectivity index (χ0n) is 24.0. The minimum absolute atomic E-state index is 0.0584. The number of benzene rings is 5. The molecule has 0 heterocycles. The Hall–Kier alpha value is -4.34. The second-order valence-electron chi connectivity index (χ2n) is 9.87. The van der Waals surface area contributed by atoms with Gasteiger partial charge in [-0.3, -0.25) is 14.4 Å². The molecule has 0 aromatic heterocycles. The quantitative estimate of drug-likeness (QED) is 0.0987. The summed E-state index contributed by atoms with van der Waals surface area (Å²) in [4.78, 5) is 41.0. The number of thioether (sulfide) groups is 1. The van der Waals surface area contributed by atoms with E-state index in [0.29, 0.717) is 32.5 Å². The molecule has 0 aliphatic carbocycles. The second-order valence-corrected chi connectivity index (χ2v) is 12.7. The van der Waals surface area contributed by atoms with E-state index in [0.717, 1.165) is 14.9 Å². The molecule has 0 bridgehead atoms. The number of anilines is 2. The topological polar surface area (TPSA) is 87.3 Å². The van der Waals surface area contributed by atoms with Gasteiger partial charge in [-0.1, -0.05) is 96.0 Å². The third-order valence-electron chi connectivity index (χ3n) is 6.64. The molecule has 0 aliphatic heterocycles. The lowest BCUT2D eigenvalue weighted by atomic mass is 10.1. The number of carbonyl (C=O) groups excluding carboxylic acids is 3. The van der Waals surface area contributed by atoms with Crippen molar-refractivity contribution in [3.63, 3.8) is 0 Å². The fraction of sp³-hybridized carbons (Fsp3) is 0.0278. The van der Waals surface area contributed by atoms with Gasteiger partial charge in [0.2, 0.25) is 5.91 Å². The van der Waals surface area contributed by atoms with E-state index in [1.54, 1.807) is 66.7 Å². The number of halogens is 3. The Morgan fingerprint density at radius 3 is 2.04 bits per heavy atom. The van der Waals surface area contributed by atoms with Gasteiger partial charge in [-0.05, 0) is 82.2 Å². The molecule has 230 valence electrons. The summed E-state index contributed by atoms with van der Waals surface area (Å²) in [6.45, 7) is 0. The second kappa shape index (κ2) is 15.8. The Balaban J connectivity index is 1.40. The van der Waals surface area contributed by atoms with Gasteiger partial charge in [-0.15, -0.1) is 11.8 Å². The SMILES string of the molecule is O=C(Nc1cccc(SC(C(=O)Nc2ccccc2Br)c2ccccc2)c1)/C(=C\c1c(Cl)cccc1Cl)NC(=O)c1ccccc1. The lowest BCUT2D eigenvalue weighted by Gasteiger charge is -2.18. The van der Waals surface area contributed by atoms with Crippen LogP contribution in [0.2, 0.25) is 10.0 Å². The van der Waals surface area contributed by atoms with Crippen LogP contribution in [0.15, 0.2) is 142 Å². The van der Waals surface area contributed by atoms with Gasteiger partial charge in [0, 0.05) is 36.2 Å². The van der Waals surface area contributed by atoms with Crippen LogP contribution in [0, 0.1) is 0 Å². The fourth-order valence-electron chi connectivity index (χ4n) is 4.38. The summed E-state index contributed by atoms with van der Waals surface area (Å²) in [5, 5.41) is 8.61. The maximum atomic E-state index is 13.6. The molecular weight excluding hydrogens is 705 g/mol. The molecule has 0 saturated carbocycles. The maximum absolute atomic E-state index is 13.6. The Labute approximate surface area is 289 Å². The molecular formula is C36H26BrCl2N3O3S. The molecule has 46 heavy (non-hydrogen) atoms. The molecule has 0 saturated heterocycles. The average molecular weight is 731 g/mol. The molecule has 3 amide bonds. The standard InChI is InChI=1S/C36H26BrCl2N3O3S/c37-28-17-7-8-20-31(28)41-36(45)33(23-11-3-1-4-12-23)46-26-16-9-15-25(21-26)40-35(44)32(22-27-29(38)18-10-19-30(27)39)42-34(43)24-13-5-2-6-14-24/h1-22,33H,(H,40,44)(H,41,45)(H,42,43)/b32-22+. The molecule has 1 unspecified atom stereocenters. The lowest BCUT2D eigenvalue weighted by molar-refractivity contribution is -0.116. The van der Waals surface area contributed by atoms with Crippen molar-refractivity contribution in [2.45, 2.75) is 10.1 Å². The normalized spacial score (nSPS) is 11.8. The number of hydrogen-bond donors (Lipinski definition) is 3. The molecule has 3 N–H and O–H groups in total. The highest BCUT2D eigenvalue weighted by Crippen LogP contribution is 2.38. The number of nitrogens with one attached hydrogen (secondary N) is 3. The van der Waals surface area contributed by atoms with Gasteiger partial charge < -0.3 is 16.0 Å². The molecule has 0 spiro atoms. The molecule has 10 heteroatoms. The van der Waals surface area contributed by atoms with E-state index in [1.807, 2.05) is 60.7 Å². The number of hydrogen-bond acceptors (Lipinski definition) is 4. The number of amides is 3. The minimum atomic E-state index is -0.595. The van der Waals surface area contributed by atoms with Crippen LogP contribution in [-0.4, -0.2) is 17.7 Å². The van der Waals surface area contributed by atoms with Gasteiger partial charge in [-0.2, -0.15) is 0 Å². The fourth-order valence-corrected chi connectivity index (χ4v) is 6.35. The first-order valence-electron chi connectivity index (χ1n) is 14.0. The minimum Gasteiger partial charge on any atom is -0.324 e. The monoisotopic (exact) mass is 729 g/mol. The average Bonchev–Trinajstić information content (AvgIpc) is 3.06. The van der Waals surface area contributed by atoms with Crippen molar-refractivity contribution in [2.75, 3.05) is 10.6 Å². The first kappa shape index (κ1) is 33.0. The largest absolute Gasteiger partial charge is 0.324 e. The van der Waals surface area contributed by atoms with Crippen LogP contribution in [0.4, 0.5) is 11.4 Å². The van der Waals surface area contributed by atoms with Crippen LogP contribution in [0.25, 0.3) is 6.08 Å². The molecule has 1 atom stereocenters. The maximum Gasteiger partial charge on any atom is 0.272 e. The summed E-state index contributed by atoms with van der Waals surface area (Å²) in [5.41, 5.74) is 2.63. The van der Waals surface area contributed by atoms with Crippen molar-refractivity contribution in [1.82, 2.24) is 5.32 Å². The number of rotatable bonds is 10. The van der Waals surface area contributed by atoms with E-state index in [1.165, 1.54) is 17.8 Å². The summed E-state index contributed by atoms with van der Waals surface area (Å²) in [6, 6.07) is 37.5. The van der Waals surface area contributed by atoms with Crippen LogP contribution >= 0.6 is 50.9 Å². The molecule has 0 aliphatic rings. The summed E-state index contributed by atoms with van der Waals surface area (Å²) in [5.74, 6) is -1.27. The highest BCUT2D eigenvalue weighted by atomic mass is 79.9. The van der Waals surface area contributed by atoms with E-state index < -0.39 is 17.1 Å². The molecule has 6 nitrogen and oxygen atoms in total. The molecule has 5 aromatic carbocycles. The predicted molar refractivity (Wildman–Crippen MR) is 191 cm³/mol. The van der Waals surface area contributed by atoms with Crippen LogP contribution in [-0.2, 0) is 9.59 Å². The molecule has 5 aromatic rings. The van der Waals surface area contributed by atoms with Gasteiger partial charge in [0.15, 0.2) is 0 Å². The van der Waals surface area contributed by atoms with Crippen molar-refractivity contribution in [3.05, 3.63) is 164 Å². The number of para-hydroxylation sites is 1. The third kappa shape index (κ3) is 8.68. The van der Waals surface area contributed by atoms with Gasteiger partial charge in [-0.25, -0.2) is 0 Å². The van der Waals surface area contributed by atoms with Gasteiger partial charge in [0.05, 0.1) is 5.69 Å². The Bertz CT molecular complexity index is 1890. The number of carbonyl (C=O) groups is 3. The lowest BCUT2D eigenvalue weighted by Crippen LogP contribution is -2.30. The van der Waals surface area contributed by atoms with E-state index in [-0.39, 0.29) is 11.6 Å². The highest BCUT2D eigenvalue weighted by Gasteiger charge is 2.23. The summed E-state index contributed by atoms with van der Waals surface area (Å²) < 4.78 is 0.770. The third-order valence-corrected chi connectivity index (χ3v) is 9.23. The van der Waals surface area contributed by atoms with E-state index in [4.69, 9.17) is 23.2 Å². The summed E-state index contributed by atoms with van der Waals surface area (Å²) >= 11 is 17.6. The Kier molecular flexibility index (Phi) is 11.3. The van der Waals surface area contributed by atoms with Crippen molar-refractivity contribution in [2.24, 2.45) is 0 Å². The Morgan fingerprint density at radius 2 is 1.35 bits per heavy atom. The van der Waals surface area contributed by atoms with E-state index in [9.17, 15) is 14.4 Å². The molecule has 0 fully saturated rings.